The van der Waals surface area contributed by atoms with Gasteiger partial charge in [-0.15, -0.1) is 5.10 Å². The van der Waals surface area contributed by atoms with E-state index in [1.807, 2.05) is 6.92 Å². The number of anilines is 2. The highest BCUT2D eigenvalue weighted by atomic mass is 32.1. The SMILES string of the molecule is CCCOc1nc(Nc2cc(CC)nc3nc(-c4nnsc4C(F)(F)F)ccc23)ccc1C(F)(F)F. The number of nitrogens with zero attached hydrogens (tertiary/aromatic N) is 5. The number of aryl methyl sites for hydroxylation is 1. The molecule has 1 N–H and O–H groups in total. The van der Waals surface area contributed by atoms with Crippen molar-refractivity contribution >= 4 is 34.1 Å². The van der Waals surface area contributed by atoms with E-state index in [9.17, 15) is 26.3 Å². The molecule has 0 bridgehead atoms. The van der Waals surface area contributed by atoms with E-state index in [2.05, 4.69) is 29.9 Å². The largest absolute Gasteiger partial charge is 0.477 e. The van der Waals surface area contributed by atoms with Crippen LogP contribution in [0.1, 0.15) is 36.4 Å². The average molecular weight is 528 g/mol. The minimum atomic E-state index is -4.65. The predicted octanol–water partition coefficient (Wildman–Crippen LogP) is 6.68. The zero-order chi connectivity index (χ0) is 26.1. The number of fused-ring (bicyclic) bond motifs is 1. The molecular weight excluding hydrogens is 510 g/mol. The second-order valence-electron chi connectivity index (χ2n) is 7.55. The third-order valence-corrected chi connectivity index (χ3v) is 5.72. The van der Waals surface area contributed by atoms with Crippen LogP contribution in [-0.2, 0) is 18.8 Å². The fourth-order valence-electron chi connectivity index (χ4n) is 3.29. The summed E-state index contributed by atoms with van der Waals surface area (Å²) >= 11 is 0.220. The third-order valence-electron chi connectivity index (χ3n) is 4.95. The van der Waals surface area contributed by atoms with E-state index >= 15 is 0 Å². The summed E-state index contributed by atoms with van der Waals surface area (Å²) in [5, 5.41) is 6.97. The molecule has 0 fully saturated rings. The molecule has 4 aromatic heterocycles. The minimum Gasteiger partial charge on any atom is -0.477 e. The van der Waals surface area contributed by atoms with Gasteiger partial charge in [0.2, 0.25) is 5.88 Å². The van der Waals surface area contributed by atoms with Crippen LogP contribution in [0, 0.1) is 0 Å². The van der Waals surface area contributed by atoms with Gasteiger partial charge in [0.1, 0.15) is 17.1 Å². The highest BCUT2D eigenvalue weighted by Gasteiger charge is 2.38. The van der Waals surface area contributed by atoms with E-state index in [-0.39, 0.29) is 35.3 Å². The fourth-order valence-corrected chi connectivity index (χ4v) is 3.83. The predicted molar refractivity (Wildman–Crippen MR) is 121 cm³/mol. The maximum absolute atomic E-state index is 13.4. The molecule has 190 valence electrons. The summed E-state index contributed by atoms with van der Waals surface area (Å²) in [5.74, 6) is -0.477. The second kappa shape index (κ2) is 9.84. The van der Waals surface area contributed by atoms with E-state index in [1.54, 1.807) is 13.0 Å². The van der Waals surface area contributed by atoms with Crippen molar-refractivity contribution in [3.8, 4) is 17.3 Å². The van der Waals surface area contributed by atoms with Crippen LogP contribution in [-0.4, -0.2) is 31.1 Å². The lowest BCUT2D eigenvalue weighted by molar-refractivity contribution is -0.139. The van der Waals surface area contributed by atoms with E-state index < -0.39 is 34.4 Å². The fraction of sp³-hybridized carbons (Fsp3) is 0.318. The van der Waals surface area contributed by atoms with Crippen molar-refractivity contribution in [3.63, 3.8) is 0 Å². The van der Waals surface area contributed by atoms with Gasteiger partial charge >= 0.3 is 12.4 Å². The number of rotatable bonds is 7. The summed E-state index contributed by atoms with van der Waals surface area (Å²) in [5.41, 5.74) is -0.370. The number of hydrogen-bond acceptors (Lipinski definition) is 8. The van der Waals surface area contributed by atoms with Crippen LogP contribution in [0.2, 0.25) is 0 Å². The smallest absolute Gasteiger partial charge is 0.429 e. The first-order valence-corrected chi connectivity index (χ1v) is 11.5. The van der Waals surface area contributed by atoms with Crippen molar-refractivity contribution in [2.45, 2.75) is 39.0 Å². The second-order valence-corrected chi connectivity index (χ2v) is 8.31. The van der Waals surface area contributed by atoms with Gasteiger partial charge in [0, 0.05) is 11.1 Å². The quantitative estimate of drug-likeness (QED) is 0.268. The van der Waals surface area contributed by atoms with Gasteiger partial charge in [0.15, 0.2) is 10.5 Å². The monoisotopic (exact) mass is 528 g/mol. The Labute approximate surface area is 204 Å². The molecule has 14 heteroatoms. The number of alkyl halides is 6. The van der Waals surface area contributed by atoms with Crippen molar-refractivity contribution < 1.29 is 31.1 Å². The first kappa shape index (κ1) is 25.5. The van der Waals surface area contributed by atoms with E-state index in [0.717, 1.165) is 12.1 Å². The van der Waals surface area contributed by atoms with Gasteiger partial charge in [-0.25, -0.2) is 9.97 Å². The first-order chi connectivity index (χ1) is 17.0. The molecule has 0 aliphatic rings. The van der Waals surface area contributed by atoms with Crippen molar-refractivity contribution in [1.29, 1.82) is 0 Å². The van der Waals surface area contributed by atoms with Gasteiger partial charge in [-0.1, -0.05) is 18.3 Å². The molecule has 0 saturated carbocycles. The molecule has 7 nitrogen and oxygen atoms in total. The highest BCUT2D eigenvalue weighted by molar-refractivity contribution is 7.06. The molecule has 4 heterocycles. The van der Waals surface area contributed by atoms with Gasteiger partial charge < -0.3 is 10.1 Å². The van der Waals surface area contributed by atoms with Gasteiger partial charge in [0.25, 0.3) is 0 Å². The molecule has 0 radical (unpaired) electrons. The number of pyridine rings is 3. The normalized spacial score (nSPS) is 12.2. The Morgan fingerprint density at radius 3 is 2.39 bits per heavy atom. The summed E-state index contributed by atoms with van der Waals surface area (Å²) in [6, 6.07) is 6.56. The topological polar surface area (TPSA) is 85.7 Å². The molecule has 4 aromatic rings. The summed E-state index contributed by atoms with van der Waals surface area (Å²) in [7, 11) is 0. The zero-order valence-electron chi connectivity index (χ0n) is 18.8. The van der Waals surface area contributed by atoms with E-state index in [0.29, 0.717) is 29.6 Å². The van der Waals surface area contributed by atoms with E-state index in [1.165, 1.54) is 12.1 Å². The number of aromatic nitrogens is 5. The molecule has 0 atom stereocenters. The van der Waals surface area contributed by atoms with Crippen LogP contribution in [0.5, 0.6) is 5.88 Å². The Kier molecular flexibility index (Phi) is 6.98. The third kappa shape index (κ3) is 5.32. The maximum atomic E-state index is 13.4. The number of halogens is 6. The molecule has 0 saturated heterocycles. The molecular formula is C22H18F6N6OS. The Morgan fingerprint density at radius 1 is 0.944 bits per heavy atom. The van der Waals surface area contributed by atoms with Crippen LogP contribution >= 0.6 is 11.5 Å². The van der Waals surface area contributed by atoms with Gasteiger partial charge in [-0.3, -0.25) is 0 Å². The number of hydrogen-bond donors (Lipinski definition) is 1. The van der Waals surface area contributed by atoms with E-state index in [4.69, 9.17) is 4.74 Å². The molecule has 0 amide bonds. The molecule has 0 unspecified atom stereocenters. The first-order valence-electron chi connectivity index (χ1n) is 10.7. The average Bonchev–Trinajstić information content (AvgIpc) is 3.32. The van der Waals surface area contributed by atoms with Crippen molar-refractivity contribution in [1.82, 2.24) is 24.5 Å². The van der Waals surface area contributed by atoms with Crippen LogP contribution in [0.3, 0.4) is 0 Å². The molecule has 36 heavy (non-hydrogen) atoms. The lowest BCUT2D eigenvalue weighted by Crippen LogP contribution is -2.11. The zero-order valence-corrected chi connectivity index (χ0v) is 19.6. The molecule has 0 spiro atoms. The van der Waals surface area contributed by atoms with Crippen LogP contribution in [0.25, 0.3) is 22.4 Å². The maximum Gasteiger partial charge on any atom is 0.429 e. The van der Waals surface area contributed by atoms with Crippen LogP contribution in [0.15, 0.2) is 30.3 Å². The Hall–Kier alpha value is -3.55. The Balaban J connectivity index is 1.77. The van der Waals surface area contributed by atoms with Gasteiger partial charge in [-0.2, -0.15) is 31.3 Å². The number of nitrogens with one attached hydrogen (secondary N) is 1. The van der Waals surface area contributed by atoms with Crippen LogP contribution in [0.4, 0.5) is 37.8 Å². The van der Waals surface area contributed by atoms with Crippen molar-refractivity contribution in [2.24, 2.45) is 0 Å². The summed E-state index contributed by atoms with van der Waals surface area (Å²) < 4.78 is 88.6. The lowest BCUT2D eigenvalue weighted by Gasteiger charge is -2.15. The lowest BCUT2D eigenvalue weighted by atomic mass is 10.1. The number of ether oxygens (including phenoxy) is 1. The molecule has 0 aliphatic heterocycles. The molecule has 0 aliphatic carbocycles. The van der Waals surface area contributed by atoms with Gasteiger partial charge in [0.05, 0.1) is 18.0 Å². The van der Waals surface area contributed by atoms with Crippen LogP contribution < -0.4 is 10.1 Å². The molecule has 4 rings (SSSR count). The summed E-state index contributed by atoms with van der Waals surface area (Å²) in [6.45, 7) is 3.63. The van der Waals surface area contributed by atoms with Crippen molar-refractivity contribution in [3.05, 3.63) is 46.5 Å². The summed E-state index contributed by atoms with van der Waals surface area (Å²) in [6.07, 6.45) is -8.33. The molecule has 0 aromatic carbocycles. The Morgan fingerprint density at radius 2 is 1.72 bits per heavy atom. The highest BCUT2D eigenvalue weighted by Crippen LogP contribution is 2.39. The van der Waals surface area contributed by atoms with Crippen molar-refractivity contribution in [2.75, 3.05) is 11.9 Å². The summed E-state index contributed by atoms with van der Waals surface area (Å²) in [4.78, 5) is 11.7. The minimum absolute atomic E-state index is 0.0514. The van der Waals surface area contributed by atoms with Gasteiger partial charge in [-0.05, 0) is 54.7 Å². The Bertz CT molecular complexity index is 1390. The standard InChI is InChI=1S/C22H18F6N6OS/c1-3-9-35-20-13(21(23,24)25)6-8-16(32-20)30-15-10-11(4-2)29-19-12(15)5-7-14(31-19)17-18(22(26,27)28)36-34-33-17/h5-8,10H,3-4,9H2,1-2H3,(H,29,30,31,32).